The highest BCUT2D eigenvalue weighted by molar-refractivity contribution is 9.10. The number of hydrogen-bond donors (Lipinski definition) is 1. The first-order valence-corrected chi connectivity index (χ1v) is 9.78. The quantitative estimate of drug-likeness (QED) is 0.748. The molecule has 6 heteroatoms. The van der Waals surface area contributed by atoms with Crippen LogP contribution in [0.5, 0.6) is 0 Å². The number of thiophene rings is 1. The van der Waals surface area contributed by atoms with E-state index in [2.05, 4.69) is 37.6 Å². The molecule has 0 spiro atoms. The maximum atomic E-state index is 12.4. The average Bonchev–Trinajstić information content (AvgIpc) is 3.23. The van der Waals surface area contributed by atoms with Crippen molar-refractivity contribution in [1.82, 2.24) is 4.90 Å². The number of amides is 1. The second-order valence-corrected chi connectivity index (χ2v) is 7.89. The van der Waals surface area contributed by atoms with Crippen LogP contribution in [0.3, 0.4) is 0 Å². The molecule has 0 saturated carbocycles. The van der Waals surface area contributed by atoms with Gasteiger partial charge in [-0.3, -0.25) is 9.69 Å². The van der Waals surface area contributed by atoms with Gasteiger partial charge in [-0.25, -0.2) is 0 Å². The molecule has 0 radical (unpaired) electrons. The van der Waals surface area contributed by atoms with E-state index in [0.717, 1.165) is 42.7 Å². The van der Waals surface area contributed by atoms with Gasteiger partial charge in [0.1, 0.15) is 0 Å². The highest BCUT2D eigenvalue weighted by Crippen LogP contribution is 2.18. The minimum atomic E-state index is 0.00637. The third-order valence-corrected chi connectivity index (χ3v) is 5.33. The molecule has 1 N–H and O–H groups in total. The van der Waals surface area contributed by atoms with Crippen LogP contribution in [-0.4, -0.2) is 36.6 Å². The van der Waals surface area contributed by atoms with Crippen LogP contribution in [0.25, 0.3) is 0 Å². The van der Waals surface area contributed by atoms with Crippen molar-refractivity contribution in [3.05, 3.63) is 51.1 Å². The second-order valence-electron chi connectivity index (χ2n) is 5.94. The topological polar surface area (TPSA) is 41.6 Å². The molecule has 2 heterocycles. The van der Waals surface area contributed by atoms with E-state index in [0.29, 0.717) is 6.54 Å². The number of rotatable bonds is 7. The molecule has 1 aliphatic rings. The molecule has 1 amide bonds. The summed E-state index contributed by atoms with van der Waals surface area (Å²) >= 11 is 5.12. The molecule has 1 aromatic heterocycles. The van der Waals surface area contributed by atoms with Crippen LogP contribution in [0.15, 0.2) is 46.3 Å². The standard InChI is InChI=1S/C18H21BrN2O2S/c19-14-5-7-15(8-6-14)20-18(22)13-21(11-16-3-1-9-23-16)12-17-4-2-10-24-17/h2,4-8,10,16H,1,3,9,11-13H2,(H,20,22)/t16-/m0/s1. The van der Waals surface area contributed by atoms with Gasteiger partial charge >= 0.3 is 0 Å². The Morgan fingerprint density at radius 1 is 1.33 bits per heavy atom. The summed E-state index contributed by atoms with van der Waals surface area (Å²) in [7, 11) is 0. The molecule has 0 bridgehead atoms. The Labute approximate surface area is 154 Å². The molecular weight excluding hydrogens is 388 g/mol. The number of benzene rings is 1. The van der Waals surface area contributed by atoms with Gasteiger partial charge in [0.15, 0.2) is 0 Å². The lowest BCUT2D eigenvalue weighted by Gasteiger charge is -2.24. The average molecular weight is 409 g/mol. The van der Waals surface area contributed by atoms with Crippen molar-refractivity contribution in [1.29, 1.82) is 0 Å². The molecule has 1 atom stereocenters. The van der Waals surface area contributed by atoms with E-state index in [4.69, 9.17) is 4.74 Å². The van der Waals surface area contributed by atoms with E-state index in [9.17, 15) is 4.79 Å². The van der Waals surface area contributed by atoms with Crippen LogP contribution in [0.2, 0.25) is 0 Å². The first kappa shape index (κ1) is 17.6. The highest BCUT2D eigenvalue weighted by Gasteiger charge is 2.21. The molecule has 3 rings (SSSR count). The monoisotopic (exact) mass is 408 g/mol. The largest absolute Gasteiger partial charge is 0.377 e. The number of carbonyl (C=O) groups excluding carboxylic acids is 1. The number of carbonyl (C=O) groups is 1. The lowest BCUT2D eigenvalue weighted by Crippen LogP contribution is -2.37. The molecule has 4 nitrogen and oxygen atoms in total. The number of nitrogens with zero attached hydrogens (tertiary/aromatic N) is 1. The molecule has 2 aromatic rings. The number of halogens is 1. The summed E-state index contributed by atoms with van der Waals surface area (Å²) in [6.45, 7) is 2.79. The number of hydrogen-bond acceptors (Lipinski definition) is 4. The fraction of sp³-hybridized carbons (Fsp3) is 0.389. The van der Waals surface area contributed by atoms with Gasteiger partial charge in [0.25, 0.3) is 0 Å². The summed E-state index contributed by atoms with van der Waals surface area (Å²) in [5.41, 5.74) is 0.816. The zero-order valence-corrected chi connectivity index (χ0v) is 15.8. The minimum absolute atomic E-state index is 0.00637. The molecular formula is C18H21BrN2O2S. The van der Waals surface area contributed by atoms with Gasteiger partial charge in [-0.2, -0.15) is 0 Å². The number of ether oxygens (including phenoxy) is 1. The summed E-state index contributed by atoms with van der Waals surface area (Å²) < 4.78 is 6.74. The summed E-state index contributed by atoms with van der Waals surface area (Å²) in [5.74, 6) is 0.00637. The Morgan fingerprint density at radius 3 is 2.83 bits per heavy atom. The third-order valence-electron chi connectivity index (χ3n) is 3.94. The molecule has 1 aliphatic heterocycles. The fourth-order valence-corrected chi connectivity index (χ4v) is 3.83. The molecule has 0 aliphatic carbocycles. The first-order chi connectivity index (χ1) is 11.7. The summed E-state index contributed by atoms with van der Waals surface area (Å²) in [6, 6.07) is 11.8. The summed E-state index contributed by atoms with van der Waals surface area (Å²) in [5, 5.41) is 5.04. The highest BCUT2D eigenvalue weighted by atomic mass is 79.9. The maximum Gasteiger partial charge on any atom is 0.238 e. The molecule has 1 saturated heterocycles. The van der Waals surface area contributed by atoms with Gasteiger partial charge in [0, 0.05) is 34.7 Å². The Kier molecular flexibility index (Phi) is 6.43. The molecule has 1 fully saturated rings. The summed E-state index contributed by atoms with van der Waals surface area (Å²) in [6.07, 6.45) is 2.43. The molecule has 24 heavy (non-hydrogen) atoms. The van der Waals surface area contributed by atoms with Crippen molar-refractivity contribution in [3.8, 4) is 0 Å². The van der Waals surface area contributed by atoms with Crippen LogP contribution in [0.4, 0.5) is 5.69 Å². The van der Waals surface area contributed by atoms with Crippen molar-refractivity contribution < 1.29 is 9.53 Å². The van der Waals surface area contributed by atoms with Gasteiger partial charge < -0.3 is 10.1 Å². The number of nitrogens with one attached hydrogen (secondary N) is 1. The lowest BCUT2D eigenvalue weighted by molar-refractivity contribution is -0.117. The van der Waals surface area contributed by atoms with E-state index in [-0.39, 0.29) is 12.0 Å². The van der Waals surface area contributed by atoms with Crippen LogP contribution in [0.1, 0.15) is 17.7 Å². The smallest absolute Gasteiger partial charge is 0.238 e. The van der Waals surface area contributed by atoms with E-state index in [1.165, 1.54) is 4.88 Å². The van der Waals surface area contributed by atoms with Crippen LogP contribution >= 0.6 is 27.3 Å². The van der Waals surface area contributed by atoms with Gasteiger partial charge in [-0.05, 0) is 48.6 Å². The van der Waals surface area contributed by atoms with Crippen molar-refractivity contribution in [2.24, 2.45) is 0 Å². The van der Waals surface area contributed by atoms with Gasteiger partial charge in [-0.15, -0.1) is 11.3 Å². The van der Waals surface area contributed by atoms with E-state index < -0.39 is 0 Å². The van der Waals surface area contributed by atoms with Crippen molar-refractivity contribution in [3.63, 3.8) is 0 Å². The van der Waals surface area contributed by atoms with Gasteiger partial charge in [-0.1, -0.05) is 22.0 Å². The predicted molar refractivity (Wildman–Crippen MR) is 101 cm³/mol. The normalized spacial score (nSPS) is 17.3. The zero-order chi connectivity index (χ0) is 16.8. The predicted octanol–water partition coefficient (Wildman–Crippen LogP) is 4.13. The molecule has 128 valence electrons. The molecule has 1 aromatic carbocycles. The summed E-state index contributed by atoms with van der Waals surface area (Å²) in [4.78, 5) is 15.9. The Hall–Kier alpha value is -1.21. The Balaban J connectivity index is 1.58. The van der Waals surface area contributed by atoms with Gasteiger partial charge in [0.2, 0.25) is 5.91 Å². The van der Waals surface area contributed by atoms with E-state index >= 15 is 0 Å². The Bertz CT molecular complexity index is 640. The maximum absolute atomic E-state index is 12.4. The van der Waals surface area contributed by atoms with E-state index in [1.54, 1.807) is 11.3 Å². The zero-order valence-electron chi connectivity index (χ0n) is 13.4. The molecule has 0 unspecified atom stereocenters. The first-order valence-electron chi connectivity index (χ1n) is 8.11. The van der Waals surface area contributed by atoms with Crippen LogP contribution in [0, 0.1) is 0 Å². The van der Waals surface area contributed by atoms with Crippen LogP contribution in [-0.2, 0) is 16.1 Å². The number of anilines is 1. The van der Waals surface area contributed by atoms with Crippen molar-refractivity contribution in [2.45, 2.75) is 25.5 Å². The fourth-order valence-electron chi connectivity index (χ4n) is 2.82. The SMILES string of the molecule is O=C(CN(Cc1cccs1)C[C@@H]1CCCO1)Nc1ccc(Br)cc1. The Morgan fingerprint density at radius 2 is 2.17 bits per heavy atom. The minimum Gasteiger partial charge on any atom is -0.377 e. The lowest BCUT2D eigenvalue weighted by atomic mass is 10.2. The van der Waals surface area contributed by atoms with Gasteiger partial charge in [0.05, 0.1) is 12.6 Å². The van der Waals surface area contributed by atoms with Crippen molar-refractivity contribution >= 4 is 38.9 Å². The third kappa shape index (κ3) is 5.41. The van der Waals surface area contributed by atoms with E-state index in [1.807, 2.05) is 30.3 Å². The van der Waals surface area contributed by atoms with Crippen LogP contribution < -0.4 is 5.32 Å². The second kappa shape index (κ2) is 8.76. The van der Waals surface area contributed by atoms with Crippen molar-refractivity contribution in [2.75, 3.05) is 25.0 Å².